The van der Waals surface area contributed by atoms with Crippen molar-refractivity contribution in [2.45, 2.75) is 12.7 Å². The monoisotopic (exact) mass is 568 g/mol. The Hall–Kier alpha value is -4.68. The van der Waals surface area contributed by atoms with Gasteiger partial charge in [-0.1, -0.05) is 48.5 Å². The van der Waals surface area contributed by atoms with Crippen molar-refractivity contribution in [1.82, 2.24) is 9.88 Å². The van der Waals surface area contributed by atoms with Gasteiger partial charge in [0.15, 0.2) is 5.88 Å². The van der Waals surface area contributed by atoms with E-state index >= 15 is 0 Å². The van der Waals surface area contributed by atoms with Crippen LogP contribution in [0.4, 0.5) is 18.9 Å². The molecule has 0 aliphatic carbocycles. The number of ether oxygens (including phenoxy) is 1. The number of halogens is 3. The van der Waals surface area contributed by atoms with E-state index in [-0.39, 0.29) is 5.88 Å². The summed E-state index contributed by atoms with van der Waals surface area (Å²) in [5, 5.41) is 18.7. The quantitative estimate of drug-likeness (QED) is 0.251. The van der Waals surface area contributed by atoms with Gasteiger partial charge >= 0.3 is 12.1 Å². The van der Waals surface area contributed by atoms with E-state index in [1.54, 1.807) is 18.2 Å². The molecule has 5 N–H and O–H groups in total. The lowest BCUT2D eigenvalue weighted by molar-refractivity contribution is -0.192. The largest absolute Gasteiger partial charge is 0.494 e. The number of benzene rings is 3. The molecule has 2 heterocycles. The second-order valence-electron chi connectivity index (χ2n) is 9.16. The molecule has 0 spiro atoms. The van der Waals surface area contributed by atoms with E-state index in [9.17, 15) is 23.1 Å². The third-order valence-electron chi connectivity index (χ3n) is 6.28. The topological polar surface area (TPSA) is 141 Å². The van der Waals surface area contributed by atoms with Gasteiger partial charge in [0, 0.05) is 41.7 Å². The zero-order valence-corrected chi connectivity index (χ0v) is 21.7. The molecule has 1 saturated heterocycles. The molecule has 9 nitrogen and oxygen atoms in total. The summed E-state index contributed by atoms with van der Waals surface area (Å²) in [6.45, 7) is 4.31. The number of aromatic hydroxyl groups is 1. The Labute approximate surface area is 232 Å². The molecular formula is C29H27F3N4O5. The lowest BCUT2D eigenvalue weighted by Gasteiger charge is -2.26. The number of carbonyl (C=O) groups excluding carboxylic acids is 1. The fourth-order valence-electron chi connectivity index (χ4n) is 4.26. The van der Waals surface area contributed by atoms with Gasteiger partial charge in [0.2, 0.25) is 5.91 Å². The van der Waals surface area contributed by atoms with Crippen molar-refractivity contribution in [3.63, 3.8) is 0 Å². The number of rotatable bonds is 6. The number of carbonyl (C=O) groups is 2. The summed E-state index contributed by atoms with van der Waals surface area (Å²) >= 11 is 0. The van der Waals surface area contributed by atoms with Crippen LogP contribution in [-0.4, -0.2) is 70.2 Å². The summed E-state index contributed by atoms with van der Waals surface area (Å²) < 4.78 is 37.2. The highest BCUT2D eigenvalue weighted by molar-refractivity contribution is 6.22. The molecule has 0 radical (unpaired) electrons. The summed E-state index contributed by atoms with van der Waals surface area (Å²) in [5.74, 6) is -3.29. The number of aromatic amines is 1. The average Bonchev–Trinajstić information content (AvgIpc) is 3.28. The van der Waals surface area contributed by atoms with Crippen LogP contribution in [0.3, 0.4) is 0 Å². The molecule has 5 rings (SSSR count). The highest BCUT2D eigenvalue weighted by Gasteiger charge is 2.38. The van der Waals surface area contributed by atoms with Crippen LogP contribution in [0, 0.1) is 0 Å². The number of hydrogen-bond acceptors (Lipinski definition) is 6. The van der Waals surface area contributed by atoms with Crippen LogP contribution in [-0.2, 0) is 16.1 Å². The smallest absolute Gasteiger partial charge is 0.490 e. The Bertz CT molecular complexity index is 1540. The summed E-state index contributed by atoms with van der Waals surface area (Å²) in [6.07, 6.45) is -5.08. The molecule has 4 aromatic rings. The second kappa shape index (κ2) is 12.7. The molecule has 12 heteroatoms. The molecule has 1 fully saturated rings. The van der Waals surface area contributed by atoms with Crippen LogP contribution >= 0.6 is 0 Å². The number of nitrogens with zero attached hydrogens (tertiary/aromatic N) is 2. The first-order chi connectivity index (χ1) is 19.5. The number of primary amides is 1. The molecule has 0 bridgehead atoms. The summed E-state index contributed by atoms with van der Waals surface area (Å²) in [4.78, 5) is 30.8. The van der Waals surface area contributed by atoms with Gasteiger partial charge in [0.1, 0.15) is 0 Å². The van der Waals surface area contributed by atoms with E-state index in [0.717, 1.165) is 49.5 Å². The Kier molecular flexibility index (Phi) is 9.05. The first-order valence-electron chi connectivity index (χ1n) is 12.5. The van der Waals surface area contributed by atoms with Crippen molar-refractivity contribution < 1.29 is 37.7 Å². The summed E-state index contributed by atoms with van der Waals surface area (Å²) in [7, 11) is 0. The van der Waals surface area contributed by atoms with Crippen LogP contribution in [0.1, 0.15) is 27.0 Å². The maximum Gasteiger partial charge on any atom is 0.490 e. The number of aliphatic carboxylic acids is 1. The van der Waals surface area contributed by atoms with Gasteiger partial charge in [-0.25, -0.2) is 9.79 Å². The Morgan fingerprint density at radius 3 is 2.20 bits per heavy atom. The lowest BCUT2D eigenvalue weighted by atomic mass is 10.00. The van der Waals surface area contributed by atoms with E-state index in [0.29, 0.717) is 22.4 Å². The van der Waals surface area contributed by atoms with Crippen molar-refractivity contribution in [1.29, 1.82) is 0 Å². The lowest BCUT2D eigenvalue weighted by Crippen LogP contribution is -2.35. The number of carboxylic acid groups (broad SMARTS) is 1. The number of aromatic nitrogens is 1. The number of nitrogens with two attached hydrogens (primary N) is 1. The standard InChI is InChI=1S/C27H26N4O3.C2HF3O2/c28-26(32)20-8-11-22-23(16-20)30-27(33)24(22)25(19-4-2-1-3-5-19)29-21-9-6-18(7-10-21)17-31-12-14-34-15-13-31;3-2(4,5)1(6)7/h1-11,16,30,33H,12-15,17H2,(H2,28,32);(H,6,7). The van der Waals surface area contributed by atoms with E-state index in [1.807, 2.05) is 42.5 Å². The van der Waals surface area contributed by atoms with Crippen molar-refractivity contribution in [2.75, 3.05) is 26.3 Å². The van der Waals surface area contributed by atoms with E-state index in [2.05, 4.69) is 22.0 Å². The average molecular weight is 569 g/mol. The van der Waals surface area contributed by atoms with Crippen molar-refractivity contribution in [2.24, 2.45) is 10.7 Å². The van der Waals surface area contributed by atoms with Gasteiger partial charge in [0.25, 0.3) is 0 Å². The zero-order valence-electron chi connectivity index (χ0n) is 21.7. The number of aliphatic imine (C=N–C) groups is 1. The number of nitrogens with one attached hydrogen (secondary N) is 1. The molecule has 0 saturated carbocycles. The summed E-state index contributed by atoms with van der Waals surface area (Å²) in [5.41, 5.74) is 10.5. The molecule has 1 amide bonds. The van der Waals surface area contributed by atoms with Gasteiger partial charge in [0.05, 0.1) is 30.2 Å². The van der Waals surface area contributed by atoms with Crippen LogP contribution in [0.25, 0.3) is 10.9 Å². The zero-order chi connectivity index (χ0) is 29.6. The number of H-pyrrole nitrogens is 1. The van der Waals surface area contributed by atoms with Gasteiger partial charge in [-0.05, 0) is 29.8 Å². The van der Waals surface area contributed by atoms with Crippen LogP contribution < -0.4 is 5.73 Å². The molecule has 1 aromatic heterocycles. The highest BCUT2D eigenvalue weighted by atomic mass is 19.4. The van der Waals surface area contributed by atoms with Crippen molar-refractivity contribution in [3.05, 3.63) is 95.1 Å². The predicted molar refractivity (Wildman–Crippen MR) is 146 cm³/mol. The maximum atomic E-state index is 11.6. The molecule has 1 aliphatic heterocycles. The van der Waals surface area contributed by atoms with Gasteiger partial charge in [-0.3, -0.25) is 9.69 Å². The van der Waals surface area contributed by atoms with E-state index in [1.165, 1.54) is 5.56 Å². The normalized spacial score (nSPS) is 14.4. The fourth-order valence-corrected chi connectivity index (χ4v) is 4.26. The number of amides is 1. The third-order valence-corrected chi connectivity index (χ3v) is 6.28. The summed E-state index contributed by atoms with van der Waals surface area (Å²) in [6, 6.07) is 23.0. The minimum Gasteiger partial charge on any atom is -0.494 e. The molecule has 3 aromatic carbocycles. The minimum absolute atomic E-state index is 0.0110. The van der Waals surface area contributed by atoms with Crippen molar-refractivity contribution >= 4 is 34.2 Å². The fraction of sp³-hybridized carbons (Fsp3) is 0.207. The van der Waals surface area contributed by atoms with Crippen LogP contribution in [0.5, 0.6) is 5.88 Å². The first kappa shape index (κ1) is 29.3. The Morgan fingerprint density at radius 1 is 0.976 bits per heavy atom. The van der Waals surface area contributed by atoms with Crippen molar-refractivity contribution in [3.8, 4) is 5.88 Å². The molecule has 1 aliphatic rings. The Morgan fingerprint density at radius 2 is 1.61 bits per heavy atom. The van der Waals surface area contributed by atoms with Crippen LogP contribution in [0.15, 0.2) is 77.8 Å². The van der Waals surface area contributed by atoms with E-state index < -0.39 is 18.1 Å². The molecule has 0 unspecified atom stereocenters. The molecule has 41 heavy (non-hydrogen) atoms. The van der Waals surface area contributed by atoms with Crippen LogP contribution in [0.2, 0.25) is 0 Å². The number of morpholine rings is 1. The number of carboxylic acids is 1. The molecule has 214 valence electrons. The highest BCUT2D eigenvalue weighted by Crippen LogP contribution is 2.32. The number of hydrogen-bond donors (Lipinski definition) is 4. The maximum absolute atomic E-state index is 11.6. The minimum atomic E-state index is -5.08. The number of fused-ring (bicyclic) bond motifs is 1. The predicted octanol–water partition coefficient (Wildman–Crippen LogP) is 4.61. The van der Waals surface area contributed by atoms with Gasteiger partial charge in [-0.15, -0.1) is 0 Å². The number of alkyl halides is 3. The van der Waals surface area contributed by atoms with Gasteiger partial charge in [-0.2, -0.15) is 13.2 Å². The SMILES string of the molecule is NC(=O)c1ccc2c(C(=Nc3ccc(CN4CCOCC4)cc3)c3ccccc3)c(O)[nH]c2c1.O=C(O)C(F)(F)F. The van der Waals surface area contributed by atoms with Gasteiger partial charge < -0.3 is 25.7 Å². The molecule has 0 atom stereocenters. The first-order valence-corrected chi connectivity index (χ1v) is 12.5. The Balaban J connectivity index is 0.000000493. The second-order valence-corrected chi connectivity index (χ2v) is 9.16. The van der Waals surface area contributed by atoms with E-state index in [4.69, 9.17) is 25.4 Å². The molecular weight excluding hydrogens is 541 g/mol. The third kappa shape index (κ3) is 7.50.